The maximum Gasteiger partial charge on any atom is 0.126 e. The van der Waals surface area contributed by atoms with Gasteiger partial charge in [-0.05, 0) is 25.0 Å². The smallest absolute Gasteiger partial charge is 0.126 e. The van der Waals surface area contributed by atoms with Crippen LogP contribution >= 0.6 is 0 Å². The maximum absolute atomic E-state index is 5.69. The van der Waals surface area contributed by atoms with Crippen LogP contribution in [0.25, 0.3) is 0 Å². The number of hydrogen-bond donors (Lipinski definition) is 2. The van der Waals surface area contributed by atoms with Gasteiger partial charge in [0, 0.05) is 20.3 Å². The van der Waals surface area contributed by atoms with Crippen molar-refractivity contribution >= 4 is 11.5 Å². The number of rotatable bonds is 8. The molecule has 0 spiro atoms. The highest BCUT2D eigenvalue weighted by molar-refractivity contribution is 5.50. The van der Waals surface area contributed by atoms with E-state index in [1.165, 1.54) is 0 Å². The minimum Gasteiger partial charge on any atom is -0.397 e. The van der Waals surface area contributed by atoms with Crippen molar-refractivity contribution in [3.8, 4) is 0 Å². The number of hydrogen-bond acceptors (Lipinski definition) is 5. The quantitative estimate of drug-likeness (QED) is 0.672. The van der Waals surface area contributed by atoms with Gasteiger partial charge in [0.2, 0.25) is 0 Å². The molecular weight excluding hydrogens is 218 g/mol. The molecule has 1 aromatic rings. The first-order chi connectivity index (χ1) is 8.24. The van der Waals surface area contributed by atoms with Gasteiger partial charge in [0.05, 0.1) is 25.1 Å². The standard InChI is InChI=1S/C12H21N3O2/c1-10-8-12(15-9-11(10)13)14-4-3-5-17-7-6-16-2/h8-9H,3-7,13H2,1-2H3,(H,14,15). The fraction of sp³-hybridized carbons (Fsp3) is 0.583. The fourth-order valence-electron chi connectivity index (χ4n) is 1.30. The lowest BCUT2D eigenvalue weighted by molar-refractivity contribution is 0.0705. The van der Waals surface area contributed by atoms with Crippen LogP contribution < -0.4 is 11.1 Å². The van der Waals surface area contributed by atoms with E-state index >= 15 is 0 Å². The van der Waals surface area contributed by atoms with Crippen molar-refractivity contribution in [1.82, 2.24) is 4.98 Å². The van der Waals surface area contributed by atoms with E-state index in [0.29, 0.717) is 13.2 Å². The highest BCUT2D eigenvalue weighted by Crippen LogP contribution is 2.12. The summed E-state index contributed by atoms with van der Waals surface area (Å²) in [6.45, 7) is 4.82. The topological polar surface area (TPSA) is 69.4 Å². The average Bonchev–Trinajstić information content (AvgIpc) is 2.32. The van der Waals surface area contributed by atoms with Crippen LogP contribution in [0.1, 0.15) is 12.0 Å². The summed E-state index contributed by atoms with van der Waals surface area (Å²) in [5.74, 6) is 0.855. The fourth-order valence-corrected chi connectivity index (χ4v) is 1.30. The van der Waals surface area contributed by atoms with Crippen LogP contribution in [0.15, 0.2) is 12.3 Å². The van der Waals surface area contributed by atoms with Crippen molar-refractivity contribution in [3.63, 3.8) is 0 Å². The van der Waals surface area contributed by atoms with E-state index in [4.69, 9.17) is 15.2 Å². The van der Waals surface area contributed by atoms with E-state index in [9.17, 15) is 0 Å². The molecule has 0 amide bonds. The van der Waals surface area contributed by atoms with Crippen molar-refractivity contribution in [1.29, 1.82) is 0 Å². The van der Waals surface area contributed by atoms with Gasteiger partial charge < -0.3 is 20.5 Å². The van der Waals surface area contributed by atoms with Gasteiger partial charge in [-0.15, -0.1) is 0 Å². The van der Waals surface area contributed by atoms with E-state index in [1.807, 2.05) is 13.0 Å². The van der Waals surface area contributed by atoms with E-state index < -0.39 is 0 Å². The summed E-state index contributed by atoms with van der Waals surface area (Å²) in [6, 6.07) is 1.95. The molecule has 3 N–H and O–H groups in total. The lowest BCUT2D eigenvalue weighted by Gasteiger charge is -2.07. The summed E-state index contributed by atoms with van der Waals surface area (Å²) in [4.78, 5) is 4.19. The molecule has 1 aromatic heterocycles. The van der Waals surface area contributed by atoms with Gasteiger partial charge in [-0.25, -0.2) is 4.98 Å². The number of nitrogens with two attached hydrogens (primary N) is 1. The SMILES string of the molecule is COCCOCCCNc1cc(C)c(N)cn1. The lowest BCUT2D eigenvalue weighted by atomic mass is 10.2. The predicted molar refractivity (Wildman–Crippen MR) is 69.2 cm³/mol. The molecule has 5 heteroatoms. The van der Waals surface area contributed by atoms with Gasteiger partial charge in [-0.3, -0.25) is 0 Å². The Morgan fingerprint density at radius 3 is 2.88 bits per heavy atom. The van der Waals surface area contributed by atoms with Crippen LogP contribution in [-0.4, -0.2) is 38.5 Å². The zero-order valence-electron chi connectivity index (χ0n) is 10.5. The van der Waals surface area contributed by atoms with Gasteiger partial charge in [0.25, 0.3) is 0 Å². The molecule has 0 bridgehead atoms. The van der Waals surface area contributed by atoms with Crippen molar-refractivity contribution in [2.24, 2.45) is 0 Å². The highest BCUT2D eigenvalue weighted by Gasteiger charge is 1.97. The molecule has 5 nitrogen and oxygen atoms in total. The molecule has 0 aliphatic heterocycles. The number of nitrogens with zero attached hydrogens (tertiary/aromatic N) is 1. The molecule has 17 heavy (non-hydrogen) atoms. The Bertz CT molecular complexity index is 332. The first kappa shape index (κ1) is 13.7. The summed E-state index contributed by atoms with van der Waals surface area (Å²) in [7, 11) is 1.67. The van der Waals surface area contributed by atoms with Gasteiger partial charge in [-0.1, -0.05) is 0 Å². The minimum atomic E-state index is 0.645. The monoisotopic (exact) mass is 239 g/mol. The van der Waals surface area contributed by atoms with E-state index in [1.54, 1.807) is 13.3 Å². The first-order valence-corrected chi connectivity index (χ1v) is 5.76. The molecule has 1 rings (SSSR count). The van der Waals surface area contributed by atoms with E-state index in [2.05, 4.69) is 10.3 Å². The zero-order chi connectivity index (χ0) is 12.5. The second-order valence-electron chi connectivity index (χ2n) is 3.81. The molecular formula is C12H21N3O2. The second-order valence-corrected chi connectivity index (χ2v) is 3.81. The van der Waals surface area contributed by atoms with Gasteiger partial charge in [-0.2, -0.15) is 0 Å². The van der Waals surface area contributed by atoms with Crippen molar-refractivity contribution in [3.05, 3.63) is 17.8 Å². The number of nitrogens with one attached hydrogen (secondary N) is 1. The van der Waals surface area contributed by atoms with Gasteiger partial charge in [0.15, 0.2) is 0 Å². The zero-order valence-corrected chi connectivity index (χ0v) is 10.5. The Hall–Kier alpha value is -1.33. The first-order valence-electron chi connectivity index (χ1n) is 5.76. The Labute approximate surface area is 102 Å². The third-order valence-electron chi connectivity index (χ3n) is 2.35. The van der Waals surface area contributed by atoms with E-state index in [-0.39, 0.29) is 0 Å². The molecule has 0 radical (unpaired) electrons. The van der Waals surface area contributed by atoms with Crippen LogP contribution in [0.3, 0.4) is 0 Å². The normalized spacial score (nSPS) is 10.5. The number of pyridine rings is 1. The average molecular weight is 239 g/mol. The summed E-state index contributed by atoms with van der Waals surface area (Å²) in [6.07, 6.45) is 2.61. The number of aryl methyl sites for hydroxylation is 1. The molecule has 0 aliphatic rings. The Morgan fingerprint density at radius 2 is 2.18 bits per heavy atom. The number of ether oxygens (including phenoxy) is 2. The third kappa shape index (κ3) is 5.51. The van der Waals surface area contributed by atoms with Crippen molar-refractivity contribution < 1.29 is 9.47 Å². The minimum absolute atomic E-state index is 0.645. The molecule has 0 unspecified atom stereocenters. The van der Waals surface area contributed by atoms with E-state index in [0.717, 1.165) is 36.6 Å². The number of nitrogen functional groups attached to an aromatic ring is 1. The third-order valence-corrected chi connectivity index (χ3v) is 2.35. The molecule has 0 fully saturated rings. The number of methoxy groups -OCH3 is 1. The molecule has 0 aromatic carbocycles. The maximum atomic E-state index is 5.69. The highest BCUT2D eigenvalue weighted by atomic mass is 16.5. The Morgan fingerprint density at radius 1 is 1.35 bits per heavy atom. The molecule has 0 atom stereocenters. The molecule has 0 saturated carbocycles. The molecule has 0 aliphatic carbocycles. The summed E-state index contributed by atoms with van der Waals surface area (Å²) < 4.78 is 10.2. The Kier molecular flexibility index (Phi) is 6.35. The molecule has 1 heterocycles. The summed E-state index contributed by atoms with van der Waals surface area (Å²) in [5.41, 5.74) is 7.45. The number of anilines is 2. The van der Waals surface area contributed by atoms with Crippen LogP contribution in [0, 0.1) is 6.92 Å². The van der Waals surface area contributed by atoms with Crippen LogP contribution in [0.2, 0.25) is 0 Å². The van der Waals surface area contributed by atoms with Gasteiger partial charge in [0.1, 0.15) is 5.82 Å². The Balaban J connectivity index is 2.11. The second kappa shape index (κ2) is 7.86. The lowest BCUT2D eigenvalue weighted by Crippen LogP contribution is -2.09. The summed E-state index contributed by atoms with van der Waals surface area (Å²) in [5, 5.41) is 3.23. The number of aromatic nitrogens is 1. The van der Waals surface area contributed by atoms with Crippen LogP contribution in [-0.2, 0) is 9.47 Å². The van der Waals surface area contributed by atoms with Crippen LogP contribution in [0.4, 0.5) is 11.5 Å². The van der Waals surface area contributed by atoms with Crippen LogP contribution in [0.5, 0.6) is 0 Å². The molecule has 0 saturated heterocycles. The van der Waals surface area contributed by atoms with Crippen molar-refractivity contribution in [2.75, 3.05) is 44.5 Å². The van der Waals surface area contributed by atoms with Gasteiger partial charge >= 0.3 is 0 Å². The van der Waals surface area contributed by atoms with Crippen molar-refractivity contribution in [2.45, 2.75) is 13.3 Å². The summed E-state index contributed by atoms with van der Waals surface area (Å²) >= 11 is 0. The largest absolute Gasteiger partial charge is 0.397 e. The predicted octanol–water partition coefficient (Wildman–Crippen LogP) is 1.44. The molecule has 96 valence electrons.